The van der Waals surface area contributed by atoms with Crippen LogP contribution in [-0.2, 0) is 4.79 Å². The number of benzene rings is 2. The van der Waals surface area contributed by atoms with Crippen LogP contribution in [0.25, 0.3) is 0 Å². The highest BCUT2D eigenvalue weighted by Crippen LogP contribution is 2.41. The van der Waals surface area contributed by atoms with E-state index in [1.807, 2.05) is 6.07 Å². The van der Waals surface area contributed by atoms with Crippen LogP contribution in [0.15, 0.2) is 42.5 Å². The summed E-state index contributed by atoms with van der Waals surface area (Å²) in [5, 5.41) is 14.4. The fraction of sp³-hybridized carbons (Fsp3) is 0.500. The van der Waals surface area contributed by atoms with E-state index in [1.165, 1.54) is 18.3 Å². The number of amides is 1. The molecule has 1 amide bonds. The van der Waals surface area contributed by atoms with Crippen molar-refractivity contribution in [3.8, 4) is 0 Å². The first kappa shape index (κ1) is 26.6. The van der Waals surface area contributed by atoms with Gasteiger partial charge >= 0.3 is 0 Å². The minimum absolute atomic E-state index is 0.0439. The van der Waals surface area contributed by atoms with Crippen LogP contribution in [0, 0.1) is 28.0 Å². The second kappa shape index (κ2) is 11.0. The topological polar surface area (TPSA) is 65.0 Å². The molecule has 4 nitrogen and oxygen atoms in total. The lowest BCUT2D eigenvalue weighted by molar-refractivity contribution is -0.123. The Morgan fingerprint density at radius 2 is 1.70 bits per heavy atom. The Morgan fingerprint density at radius 1 is 1.06 bits per heavy atom. The van der Waals surface area contributed by atoms with E-state index in [0.29, 0.717) is 18.9 Å². The number of nitrogens with one attached hydrogen (secondary N) is 3. The molecular formula is C28H40FN3O. The van der Waals surface area contributed by atoms with Crippen LogP contribution in [0.4, 0.5) is 15.8 Å². The van der Waals surface area contributed by atoms with Gasteiger partial charge in [0.15, 0.2) is 0 Å². The summed E-state index contributed by atoms with van der Waals surface area (Å²) >= 11 is 0. The molecule has 0 aromatic heterocycles. The number of carbonyl (C=O) groups excluding carboxylic acids is 1. The summed E-state index contributed by atoms with van der Waals surface area (Å²) in [5.41, 5.74) is 3.30. The van der Waals surface area contributed by atoms with Crippen molar-refractivity contribution < 1.29 is 9.18 Å². The summed E-state index contributed by atoms with van der Waals surface area (Å²) in [6.07, 6.45) is 2.82. The van der Waals surface area contributed by atoms with Gasteiger partial charge in [0.1, 0.15) is 5.82 Å². The van der Waals surface area contributed by atoms with Gasteiger partial charge in [0.25, 0.3) is 0 Å². The van der Waals surface area contributed by atoms with Gasteiger partial charge in [-0.05, 0) is 71.0 Å². The Hall–Kier alpha value is -2.69. The van der Waals surface area contributed by atoms with Crippen molar-refractivity contribution in [2.45, 2.75) is 67.2 Å². The monoisotopic (exact) mass is 453 g/mol. The second-order valence-electron chi connectivity index (χ2n) is 11.3. The highest BCUT2D eigenvalue weighted by molar-refractivity contribution is 5.87. The standard InChI is InChI=1S/C28H40FN3O/c1-19(2)14-24(28(6,7)18-31-26(33)16-27(3,4)5)20-8-13-25(21(15-20)17-30)32-23-11-9-22(29)10-12-23/h8-13,15,17,19,24,30,32H,14,16,18H2,1-7H3,(H,31,33). The third-order valence-corrected chi connectivity index (χ3v) is 5.84. The van der Waals surface area contributed by atoms with E-state index in [1.54, 1.807) is 12.1 Å². The van der Waals surface area contributed by atoms with Crippen LogP contribution in [0.5, 0.6) is 0 Å². The normalized spacial score (nSPS) is 13.0. The summed E-state index contributed by atoms with van der Waals surface area (Å²) in [6.45, 7) is 15.6. The molecule has 0 aliphatic rings. The zero-order valence-electron chi connectivity index (χ0n) is 21.2. The number of carbonyl (C=O) groups is 1. The Balaban J connectivity index is 2.27. The van der Waals surface area contributed by atoms with Crippen LogP contribution < -0.4 is 10.6 Å². The fourth-order valence-corrected chi connectivity index (χ4v) is 4.09. The summed E-state index contributed by atoms with van der Waals surface area (Å²) in [6, 6.07) is 12.3. The molecule has 2 rings (SSSR count). The third-order valence-electron chi connectivity index (χ3n) is 5.84. The minimum atomic E-state index is -0.281. The molecule has 0 aliphatic carbocycles. The van der Waals surface area contributed by atoms with Crippen LogP contribution in [0.3, 0.4) is 0 Å². The maximum Gasteiger partial charge on any atom is 0.220 e. The zero-order valence-corrected chi connectivity index (χ0v) is 21.2. The molecule has 5 heteroatoms. The van der Waals surface area contributed by atoms with E-state index in [4.69, 9.17) is 5.41 Å². The number of hydrogen-bond acceptors (Lipinski definition) is 3. The van der Waals surface area contributed by atoms with Crippen molar-refractivity contribution >= 4 is 23.5 Å². The first-order chi connectivity index (χ1) is 15.3. The fourth-order valence-electron chi connectivity index (χ4n) is 4.09. The van der Waals surface area contributed by atoms with Crippen molar-refractivity contribution in [1.29, 1.82) is 5.41 Å². The molecule has 1 atom stereocenters. The smallest absolute Gasteiger partial charge is 0.220 e. The van der Waals surface area contributed by atoms with Gasteiger partial charge in [0.2, 0.25) is 5.91 Å². The highest BCUT2D eigenvalue weighted by Gasteiger charge is 2.32. The third kappa shape index (κ3) is 8.30. The van der Waals surface area contributed by atoms with Crippen molar-refractivity contribution in [3.05, 3.63) is 59.4 Å². The molecule has 0 saturated heterocycles. The predicted molar refractivity (Wildman–Crippen MR) is 137 cm³/mol. The molecule has 2 aromatic rings. The van der Waals surface area contributed by atoms with E-state index in [-0.39, 0.29) is 28.5 Å². The van der Waals surface area contributed by atoms with E-state index in [2.05, 4.69) is 71.2 Å². The van der Waals surface area contributed by atoms with Gasteiger partial charge < -0.3 is 16.0 Å². The molecular weight excluding hydrogens is 413 g/mol. The van der Waals surface area contributed by atoms with Gasteiger partial charge in [-0.2, -0.15) is 0 Å². The average Bonchev–Trinajstić information content (AvgIpc) is 2.71. The van der Waals surface area contributed by atoms with Gasteiger partial charge in [-0.3, -0.25) is 4.79 Å². The summed E-state index contributed by atoms with van der Waals surface area (Å²) in [7, 11) is 0. The molecule has 0 spiro atoms. The van der Waals surface area contributed by atoms with Gasteiger partial charge in [0.05, 0.1) is 0 Å². The van der Waals surface area contributed by atoms with Crippen LogP contribution in [0.2, 0.25) is 0 Å². The summed E-state index contributed by atoms with van der Waals surface area (Å²) < 4.78 is 13.2. The van der Waals surface area contributed by atoms with Gasteiger partial charge in [-0.1, -0.05) is 54.5 Å². The van der Waals surface area contributed by atoms with E-state index < -0.39 is 0 Å². The lowest BCUT2D eigenvalue weighted by Crippen LogP contribution is -2.39. The van der Waals surface area contributed by atoms with E-state index in [9.17, 15) is 9.18 Å². The van der Waals surface area contributed by atoms with Gasteiger partial charge in [0, 0.05) is 36.1 Å². The summed E-state index contributed by atoms with van der Waals surface area (Å²) in [5.74, 6) is 0.500. The molecule has 0 aliphatic heterocycles. The van der Waals surface area contributed by atoms with Gasteiger partial charge in [-0.15, -0.1) is 0 Å². The van der Waals surface area contributed by atoms with Crippen molar-refractivity contribution in [2.75, 3.05) is 11.9 Å². The Bertz CT molecular complexity index is 943. The van der Waals surface area contributed by atoms with Crippen molar-refractivity contribution in [1.82, 2.24) is 5.32 Å². The number of halogens is 1. The first-order valence-electron chi connectivity index (χ1n) is 11.7. The molecule has 180 valence electrons. The van der Waals surface area contributed by atoms with E-state index >= 15 is 0 Å². The maximum atomic E-state index is 13.2. The SMILES string of the molecule is CC(C)CC(c1ccc(Nc2ccc(F)cc2)c(C=N)c1)C(C)(C)CNC(=O)CC(C)(C)C. The highest BCUT2D eigenvalue weighted by atomic mass is 19.1. The van der Waals surface area contributed by atoms with Crippen LogP contribution in [0.1, 0.15) is 78.4 Å². The molecule has 1 unspecified atom stereocenters. The summed E-state index contributed by atoms with van der Waals surface area (Å²) in [4.78, 5) is 12.5. The number of rotatable bonds is 10. The zero-order chi connectivity index (χ0) is 24.8. The van der Waals surface area contributed by atoms with Crippen molar-refractivity contribution in [2.24, 2.45) is 16.7 Å². The van der Waals surface area contributed by atoms with Crippen molar-refractivity contribution in [3.63, 3.8) is 0 Å². The molecule has 0 saturated carbocycles. The molecule has 2 aromatic carbocycles. The lowest BCUT2D eigenvalue weighted by Gasteiger charge is -2.37. The molecule has 33 heavy (non-hydrogen) atoms. The molecule has 3 N–H and O–H groups in total. The lowest BCUT2D eigenvalue weighted by atomic mass is 9.70. The molecule has 0 heterocycles. The first-order valence-corrected chi connectivity index (χ1v) is 11.7. The number of hydrogen-bond donors (Lipinski definition) is 3. The molecule has 0 bridgehead atoms. The second-order valence-corrected chi connectivity index (χ2v) is 11.3. The predicted octanol–water partition coefficient (Wildman–Crippen LogP) is 7.28. The largest absolute Gasteiger partial charge is 0.356 e. The van der Waals surface area contributed by atoms with Crippen LogP contribution in [-0.4, -0.2) is 18.7 Å². The van der Waals surface area contributed by atoms with Crippen LogP contribution >= 0.6 is 0 Å². The van der Waals surface area contributed by atoms with Gasteiger partial charge in [-0.25, -0.2) is 4.39 Å². The molecule has 0 radical (unpaired) electrons. The maximum absolute atomic E-state index is 13.2. The Kier molecular flexibility index (Phi) is 8.82. The molecule has 0 fully saturated rings. The minimum Gasteiger partial charge on any atom is -0.356 e. The average molecular weight is 454 g/mol. The van der Waals surface area contributed by atoms with E-state index in [0.717, 1.165) is 28.9 Å². The Labute approximate surface area is 198 Å². The number of anilines is 2. The Morgan fingerprint density at radius 3 is 2.24 bits per heavy atom. The quantitative estimate of drug-likeness (QED) is 0.331.